The lowest BCUT2D eigenvalue weighted by Gasteiger charge is -2.36. The summed E-state index contributed by atoms with van der Waals surface area (Å²) in [5.74, 6) is 0.120. The molecule has 4 rings (SSSR count). The van der Waals surface area contributed by atoms with Gasteiger partial charge in [-0.05, 0) is 62.5 Å². The van der Waals surface area contributed by atoms with Gasteiger partial charge >= 0.3 is 0 Å². The van der Waals surface area contributed by atoms with Crippen LogP contribution in [0.1, 0.15) is 60.5 Å². The average molecular weight is 408 g/mol. The highest BCUT2D eigenvalue weighted by molar-refractivity contribution is 6.07. The molecule has 0 radical (unpaired) electrons. The van der Waals surface area contributed by atoms with Crippen molar-refractivity contribution in [3.05, 3.63) is 69.3 Å². The number of rotatable bonds is 7. The first kappa shape index (κ1) is 20.5. The van der Waals surface area contributed by atoms with E-state index in [1.807, 2.05) is 35.2 Å². The van der Waals surface area contributed by atoms with Crippen LogP contribution in [0.2, 0.25) is 0 Å². The fourth-order valence-corrected chi connectivity index (χ4v) is 5.23. The second-order valence-corrected chi connectivity index (χ2v) is 8.36. The minimum atomic E-state index is -0.263. The van der Waals surface area contributed by atoms with Crippen molar-refractivity contribution < 1.29 is 9.72 Å². The first-order valence-electron chi connectivity index (χ1n) is 11.0. The maximum Gasteiger partial charge on any atom is 0.273 e. The normalized spacial score (nSPS) is 19.8. The molecule has 0 bridgehead atoms. The summed E-state index contributed by atoms with van der Waals surface area (Å²) in [6, 6.07) is 12.9. The van der Waals surface area contributed by atoms with E-state index in [4.69, 9.17) is 0 Å². The SMILES string of the molecule is CCCN(CCC)C1Cc2c([N+](=O)[O-])ccc3c2C(C1)CN3C(=O)c1ccccc1. The molecule has 2 aromatic carbocycles. The minimum absolute atomic E-state index is 0.0309. The molecule has 0 aromatic heterocycles. The number of hydrogen-bond acceptors (Lipinski definition) is 4. The van der Waals surface area contributed by atoms with Crippen LogP contribution >= 0.6 is 0 Å². The molecule has 0 spiro atoms. The van der Waals surface area contributed by atoms with Gasteiger partial charge in [0.2, 0.25) is 0 Å². The summed E-state index contributed by atoms with van der Waals surface area (Å²) < 4.78 is 0. The van der Waals surface area contributed by atoms with Crippen LogP contribution in [-0.4, -0.2) is 41.4 Å². The van der Waals surface area contributed by atoms with Gasteiger partial charge in [0.25, 0.3) is 11.6 Å². The third-order valence-electron chi connectivity index (χ3n) is 6.41. The van der Waals surface area contributed by atoms with E-state index >= 15 is 0 Å². The zero-order valence-corrected chi connectivity index (χ0v) is 17.7. The van der Waals surface area contributed by atoms with Gasteiger partial charge in [-0.1, -0.05) is 32.0 Å². The number of nitro benzene ring substituents is 1. The van der Waals surface area contributed by atoms with Crippen molar-refractivity contribution in [1.29, 1.82) is 0 Å². The monoisotopic (exact) mass is 407 g/mol. The number of carbonyl (C=O) groups is 1. The van der Waals surface area contributed by atoms with Gasteiger partial charge in [-0.25, -0.2) is 0 Å². The maximum absolute atomic E-state index is 13.2. The largest absolute Gasteiger partial charge is 0.307 e. The molecular formula is C24H29N3O3. The van der Waals surface area contributed by atoms with E-state index in [0.717, 1.165) is 49.2 Å². The highest BCUT2D eigenvalue weighted by atomic mass is 16.6. The summed E-state index contributed by atoms with van der Waals surface area (Å²) in [5, 5.41) is 11.8. The molecule has 30 heavy (non-hydrogen) atoms. The molecule has 2 unspecified atom stereocenters. The van der Waals surface area contributed by atoms with Crippen molar-refractivity contribution in [2.75, 3.05) is 24.5 Å². The van der Waals surface area contributed by atoms with Crippen LogP contribution in [0.5, 0.6) is 0 Å². The van der Waals surface area contributed by atoms with Crippen LogP contribution in [0.25, 0.3) is 0 Å². The number of nitro groups is 1. The minimum Gasteiger partial charge on any atom is -0.307 e. The zero-order valence-electron chi connectivity index (χ0n) is 17.7. The fourth-order valence-electron chi connectivity index (χ4n) is 5.23. The molecule has 0 fully saturated rings. The molecule has 6 heteroatoms. The molecule has 1 aliphatic carbocycles. The summed E-state index contributed by atoms with van der Waals surface area (Å²) in [7, 11) is 0. The van der Waals surface area contributed by atoms with Crippen LogP contribution in [0.15, 0.2) is 42.5 Å². The van der Waals surface area contributed by atoms with E-state index in [0.29, 0.717) is 18.5 Å². The van der Waals surface area contributed by atoms with Crippen LogP contribution in [0.4, 0.5) is 11.4 Å². The molecule has 1 amide bonds. The third kappa shape index (κ3) is 3.60. The molecule has 1 heterocycles. The summed E-state index contributed by atoms with van der Waals surface area (Å²) in [5.41, 5.74) is 3.56. The smallest absolute Gasteiger partial charge is 0.273 e. The predicted octanol–water partition coefficient (Wildman–Crippen LogP) is 4.78. The summed E-state index contributed by atoms with van der Waals surface area (Å²) in [6.45, 7) is 6.95. The van der Waals surface area contributed by atoms with Gasteiger partial charge in [0.15, 0.2) is 0 Å². The Morgan fingerprint density at radius 3 is 2.47 bits per heavy atom. The Hall–Kier alpha value is -2.73. The van der Waals surface area contributed by atoms with E-state index in [2.05, 4.69) is 18.7 Å². The topological polar surface area (TPSA) is 66.7 Å². The number of anilines is 1. The highest BCUT2D eigenvalue weighted by Crippen LogP contribution is 2.48. The molecule has 158 valence electrons. The lowest BCUT2D eigenvalue weighted by Crippen LogP contribution is -2.41. The van der Waals surface area contributed by atoms with Gasteiger partial charge in [-0.3, -0.25) is 14.9 Å². The lowest BCUT2D eigenvalue weighted by molar-refractivity contribution is -0.385. The molecular weight excluding hydrogens is 378 g/mol. The fraction of sp³-hybridized carbons (Fsp3) is 0.458. The van der Waals surface area contributed by atoms with Crippen LogP contribution in [-0.2, 0) is 6.42 Å². The molecule has 2 aromatic rings. The van der Waals surface area contributed by atoms with Gasteiger partial charge in [0, 0.05) is 41.4 Å². The maximum atomic E-state index is 13.2. The van der Waals surface area contributed by atoms with Crippen LogP contribution < -0.4 is 4.90 Å². The summed E-state index contributed by atoms with van der Waals surface area (Å²) in [6.07, 6.45) is 3.76. The van der Waals surface area contributed by atoms with E-state index in [9.17, 15) is 14.9 Å². The van der Waals surface area contributed by atoms with Crippen LogP contribution in [0, 0.1) is 10.1 Å². The van der Waals surface area contributed by atoms with Gasteiger partial charge in [0.05, 0.1) is 4.92 Å². The Morgan fingerprint density at radius 2 is 1.83 bits per heavy atom. The molecule has 2 atom stereocenters. The third-order valence-corrected chi connectivity index (χ3v) is 6.41. The number of benzene rings is 2. The van der Waals surface area contributed by atoms with Crippen molar-refractivity contribution in [2.24, 2.45) is 0 Å². The Bertz CT molecular complexity index is 938. The molecule has 6 nitrogen and oxygen atoms in total. The van der Waals surface area contributed by atoms with Gasteiger partial charge in [0.1, 0.15) is 0 Å². The standard InChI is InChI=1S/C24H29N3O3/c1-3-12-25(13-4-2)19-14-18-16-26(24(28)17-8-6-5-7-9-17)22-11-10-21(27(29)30)20(15-19)23(18)22/h5-11,18-19H,3-4,12-16H2,1-2H3. The zero-order chi connectivity index (χ0) is 21.3. The number of carbonyl (C=O) groups excluding carboxylic acids is 1. The van der Waals surface area contributed by atoms with E-state index in [1.54, 1.807) is 12.1 Å². The Balaban J connectivity index is 1.73. The summed E-state index contributed by atoms with van der Waals surface area (Å²) >= 11 is 0. The average Bonchev–Trinajstić information content (AvgIpc) is 3.13. The molecule has 2 aliphatic rings. The molecule has 0 N–H and O–H groups in total. The number of amides is 1. The predicted molar refractivity (Wildman–Crippen MR) is 118 cm³/mol. The molecule has 0 saturated carbocycles. The molecule has 0 saturated heterocycles. The van der Waals surface area contributed by atoms with Crippen LogP contribution in [0.3, 0.4) is 0 Å². The van der Waals surface area contributed by atoms with E-state index in [-0.39, 0.29) is 28.5 Å². The lowest BCUT2D eigenvalue weighted by atomic mass is 9.79. The molecule has 1 aliphatic heterocycles. The van der Waals surface area contributed by atoms with Crippen molar-refractivity contribution >= 4 is 17.3 Å². The van der Waals surface area contributed by atoms with E-state index in [1.165, 1.54) is 0 Å². The van der Waals surface area contributed by atoms with E-state index < -0.39 is 0 Å². The van der Waals surface area contributed by atoms with Crippen molar-refractivity contribution in [3.63, 3.8) is 0 Å². The van der Waals surface area contributed by atoms with Crippen molar-refractivity contribution in [3.8, 4) is 0 Å². The highest BCUT2D eigenvalue weighted by Gasteiger charge is 2.42. The number of hydrogen-bond donors (Lipinski definition) is 0. The Morgan fingerprint density at radius 1 is 1.13 bits per heavy atom. The Kier molecular flexibility index (Phi) is 5.86. The van der Waals surface area contributed by atoms with Gasteiger partial charge in [-0.15, -0.1) is 0 Å². The first-order valence-corrected chi connectivity index (χ1v) is 11.0. The van der Waals surface area contributed by atoms with Gasteiger partial charge < -0.3 is 9.80 Å². The second kappa shape index (κ2) is 8.56. The quantitative estimate of drug-likeness (QED) is 0.490. The Labute approximate surface area is 177 Å². The van der Waals surface area contributed by atoms with Gasteiger partial charge in [-0.2, -0.15) is 0 Å². The second-order valence-electron chi connectivity index (χ2n) is 8.36. The first-order chi connectivity index (χ1) is 14.5. The number of nitrogens with zero attached hydrogens (tertiary/aromatic N) is 3. The van der Waals surface area contributed by atoms with Crippen molar-refractivity contribution in [2.45, 2.75) is 51.5 Å². The van der Waals surface area contributed by atoms with Crippen molar-refractivity contribution in [1.82, 2.24) is 4.90 Å². The summed E-state index contributed by atoms with van der Waals surface area (Å²) in [4.78, 5) is 29.1.